The molecule has 6 heteroatoms. The van der Waals surface area contributed by atoms with E-state index in [9.17, 15) is 9.59 Å². The first-order chi connectivity index (χ1) is 9.97. The number of aromatic carboxylic acids is 1. The van der Waals surface area contributed by atoms with E-state index in [1.54, 1.807) is 7.05 Å². The predicted molar refractivity (Wildman–Crippen MR) is 76.0 cm³/mol. The molecule has 1 aromatic heterocycles. The summed E-state index contributed by atoms with van der Waals surface area (Å²) in [6.45, 7) is 2.03. The molecule has 2 saturated carbocycles. The molecule has 3 rings (SSSR count). The van der Waals surface area contributed by atoms with E-state index in [4.69, 9.17) is 5.11 Å². The number of carbonyl (C=O) groups excluding carboxylic acids is 1. The molecular weight excluding hydrogens is 270 g/mol. The fourth-order valence-corrected chi connectivity index (χ4v) is 4.15. The smallest absolute Gasteiger partial charge is 0.339 e. The van der Waals surface area contributed by atoms with Crippen LogP contribution >= 0.6 is 0 Å². The van der Waals surface area contributed by atoms with Crippen molar-refractivity contribution >= 4 is 11.9 Å². The lowest BCUT2D eigenvalue weighted by molar-refractivity contribution is 0.0689. The Morgan fingerprint density at radius 2 is 2.19 bits per heavy atom. The number of carboxylic acids is 1. The number of nitrogens with zero attached hydrogens (tertiary/aromatic N) is 2. The molecule has 1 amide bonds. The highest BCUT2D eigenvalue weighted by Crippen LogP contribution is 2.49. The van der Waals surface area contributed by atoms with Gasteiger partial charge in [0.1, 0.15) is 11.3 Å². The molecule has 0 saturated heterocycles. The first-order valence-electron chi connectivity index (χ1n) is 7.53. The first kappa shape index (κ1) is 14.1. The van der Waals surface area contributed by atoms with Crippen molar-refractivity contribution < 1.29 is 14.7 Å². The molecule has 0 radical (unpaired) electrons. The van der Waals surface area contributed by atoms with Gasteiger partial charge in [-0.15, -0.1) is 0 Å². The molecule has 2 N–H and O–H groups in total. The molecule has 0 unspecified atom stereocenters. The summed E-state index contributed by atoms with van der Waals surface area (Å²) in [5, 5.41) is 16.0. The van der Waals surface area contributed by atoms with E-state index >= 15 is 0 Å². The van der Waals surface area contributed by atoms with Crippen LogP contribution in [0.15, 0.2) is 6.20 Å². The zero-order chi connectivity index (χ0) is 15.1. The normalized spacial score (nSPS) is 28.6. The summed E-state index contributed by atoms with van der Waals surface area (Å²) < 4.78 is 1.33. The zero-order valence-electron chi connectivity index (χ0n) is 12.4. The summed E-state index contributed by atoms with van der Waals surface area (Å²) in [5.74, 6) is 0.596. The standard InChI is InChI=1S/C15H21N3O3/c1-8(11-6-9-3-4-10(11)5-9)17-14(19)13-12(15(20)21)7-16-18(13)2/h7-11H,3-6H2,1-2H3,(H,17,19)(H,20,21)/t8-,9+,10+,11-/m0/s1. The molecule has 0 aliphatic heterocycles. The second-order valence-electron chi connectivity index (χ2n) is 6.44. The lowest BCUT2D eigenvalue weighted by Crippen LogP contribution is -2.41. The van der Waals surface area contributed by atoms with Crippen molar-refractivity contribution in [1.82, 2.24) is 15.1 Å². The molecular formula is C15H21N3O3. The number of aryl methyl sites for hydroxylation is 1. The number of aromatic nitrogens is 2. The van der Waals surface area contributed by atoms with Gasteiger partial charge in [0, 0.05) is 13.1 Å². The molecule has 0 spiro atoms. The number of rotatable bonds is 4. The third-order valence-electron chi connectivity index (χ3n) is 5.18. The Bertz CT molecular complexity index is 581. The number of amides is 1. The molecule has 114 valence electrons. The number of carboxylic acid groups (broad SMARTS) is 1. The van der Waals surface area contributed by atoms with Crippen LogP contribution in [0.3, 0.4) is 0 Å². The van der Waals surface area contributed by atoms with E-state index in [0.717, 1.165) is 11.8 Å². The Kier molecular flexibility index (Phi) is 3.47. The molecule has 2 aliphatic carbocycles. The van der Waals surface area contributed by atoms with Crippen LogP contribution in [0.2, 0.25) is 0 Å². The highest BCUT2D eigenvalue weighted by molar-refractivity contribution is 6.03. The summed E-state index contributed by atoms with van der Waals surface area (Å²) in [4.78, 5) is 23.5. The van der Waals surface area contributed by atoms with E-state index in [-0.39, 0.29) is 23.2 Å². The molecule has 2 fully saturated rings. The average Bonchev–Trinajstić information content (AvgIpc) is 3.12. The number of carbonyl (C=O) groups is 2. The summed E-state index contributed by atoms with van der Waals surface area (Å²) >= 11 is 0. The van der Waals surface area contributed by atoms with Crippen LogP contribution in [0.5, 0.6) is 0 Å². The monoisotopic (exact) mass is 291 g/mol. The lowest BCUT2D eigenvalue weighted by Gasteiger charge is -2.28. The summed E-state index contributed by atoms with van der Waals surface area (Å²) in [6, 6.07) is 0.0735. The highest BCUT2D eigenvalue weighted by atomic mass is 16.4. The van der Waals surface area contributed by atoms with Gasteiger partial charge in [-0.25, -0.2) is 4.79 Å². The highest BCUT2D eigenvalue weighted by Gasteiger charge is 2.42. The third kappa shape index (κ3) is 2.43. The van der Waals surface area contributed by atoms with Crippen molar-refractivity contribution in [3.05, 3.63) is 17.5 Å². The van der Waals surface area contributed by atoms with Gasteiger partial charge in [0.25, 0.3) is 5.91 Å². The average molecular weight is 291 g/mol. The van der Waals surface area contributed by atoms with Crippen molar-refractivity contribution in [2.45, 2.75) is 38.6 Å². The number of hydrogen-bond donors (Lipinski definition) is 2. The molecule has 4 atom stereocenters. The Hall–Kier alpha value is -1.85. The topological polar surface area (TPSA) is 84.2 Å². The van der Waals surface area contributed by atoms with Crippen LogP contribution in [0.1, 0.15) is 53.5 Å². The largest absolute Gasteiger partial charge is 0.478 e. The number of nitrogens with one attached hydrogen (secondary N) is 1. The van der Waals surface area contributed by atoms with Crippen LogP contribution in [0.25, 0.3) is 0 Å². The van der Waals surface area contributed by atoms with Gasteiger partial charge in [-0.05, 0) is 43.9 Å². The molecule has 1 heterocycles. The number of fused-ring (bicyclic) bond motifs is 2. The van der Waals surface area contributed by atoms with Gasteiger partial charge in [0.05, 0.1) is 6.20 Å². The predicted octanol–water partition coefficient (Wildman–Crippen LogP) is 1.67. The Balaban J connectivity index is 1.72. The van der Waals surface area contributed by atoms with Gasteiger partial charge in [0.15, 0.2) is 0 Å². The fraction of sp³-hybridized carbons (Fsp3) is 0.667. The SMILES string of the molecule is C[C@H](NC(=O)c1c(C(=O)O)cnn1C)[C@@H]1C[C@@H]2CC[C@@H]1C2. The van der Waals surface area contributed by atoms with Crippen molar-refractivity contribution in [2.24, 2.45) is 24.8 Å². The molecule has 21 heavy (non-hydrogen) atoms. The van der Waals surface area contributed by atoms with Crippen molar-refractivity contribution in [2.75, 3.05) is 0 Å². The summed E-state index contributed by atoms with van der Waals surface area (Å²) in [7, 11) is 1.59. The third-order valence-corrected chi connectivity index (χ3v) is 5.18. The Morgan fingerprint density at radius 1 is 1.43 bits per heavy atom. The maximum atomic E-state index is 12.4. The van der Waals surface area contributed by atoms with Crippen LogP contribution in [-0.2, 0) is 7.05 Å². The van der Waals surface area contributed by atoms with E-state index < -0.39 is 5.97 Å². The minimum Gasteiger partial charge on any atom is -0.478 e. The van der Waals surface area contributed by atoms with Crippen molar-refractivity contribution in [3.8, 4) is 0 Å². The molecule has 1 aromatic rings. The van der Waals surface area contributed by atoms with Gasteiger partial charge in [0.2, 0.25) is 0 Å². The Morgan fingerprint density at radius 3 is 2.76 bits per heavy atom. The van der Waals surface area contributed by atoms with E-state index in [2.05, 4.69) is 10.4 Å². The molecule has 0 aromatic carbocycles. The molecule has 6 nitrogen and oxygen atoms in total. The second-order valence-corrected chi connectivity index (χ2v) is 6.44. The van der Waals surface area contributed by atoms with Gasteiger partial charge in [-0.2, -0.15) is 5.10 Å². The minimum absolute atomic E-state index is 0.0462. The van der Waals surface area contributed by atoms with E-state index in [1.165, 1.54) is 36.6 Å². The van der Waals surface area contributed by atoms with E-state index in [0.29, 0.717) is 5.92 Å². The van der Waals surface area contributed by atoms with Gasteiger partial charge in [-0.3, -0.25) is 9.48 Å². The minimum atomic E-state index is -1.12. The maximum Gasteiger partial charge on any atom is 0.339 e. The van der Waals surface area contributed by atoms with Gasteiger partial charge < -0.3 is 10.4 Å². The van der Waals surface area contributed by atoms with Gasteiger partial charge >= 0.3 is 5.97 Å². The van der Waals surface area contributed by atoms with Crippen LogP contribution in [0, 0.1) is 17.8 Å². The first-order valence-corrected chi connectivity index (χ1v) is 7.53. The molecule has 2 aliphatic rings. The van der Waals surface area contributed by atoms with Crippen molar-refractivity contribution in [1.29, 1.82) is 0 Å². The van der Waals surface area contributed by atoms with Crippen LogP contribution < -0.4 is 5.32 Å². The maximum absolute atomic E-state index is 12.4. The Labute approximate surface area is 123 Å². The number of hydrogen-bond acceptors (Lipinski definition) is 3. The van der Waals surface area contributed by atoms with E-state index in [1.807, 2.05) is 6.92 Å². The zero-order valence-corrected chi connectivity index (χ0v) is 12.4. The van der Waals surface area contributed by atoms with Gasteiger partial charge in [-0.1, -0.05) is 6.42 Å². The quantitative estimate of drug-likeness (QED) is 0.884. The summed E-state index contributed by atoms with van der Waals surface area (Å²) in [5.41, 5.74) is 0.0765. The lowest BCUT2D eigenvalue weighted by atomic mass is 9.84. The second kappa shape index (κ2) is 5.16. The van der Waals surface area contributed by atoms with Crippen LogP contribution in [-0.4, -0.2) is 32.8 Å². The van der Waals surface area contributed by atoms with Crippen molar-refractivity contribution in [3.63, 3.8) is 0 Å². The fourth-order valence-electron chi connectivity index (χ4n) is 4.15. The van der Waals surface area contributed by atoms with Crippen LogP contribution in [0.4, 0.5) is 0 Å². The molecule has 2 bridgehead atoms. The summed E-state index contributed by atoms with van der Waals surface area (Å²) in [6.07, 6.45) is 6.29.